The highest BCUT2D eigenvalue weighted by atomic mass is 35.5. The average molecular weight is 531 g/mol. The fourth-order valence-electron chi connectivity index (χ4n) is 4.30. The Morgan fingerprint density at radius 2 is 1.69 bits per heavy atom. The molecule has 2 heterocycles. The van der Waals surface area contributed by atoms with E-state index >= 15 is 0 Å². The van der Waals surface area contributed by atoms with Gasteiger partial charge in [0.05, 0.1) is 5.02 Å². The molecule has 1 aliphatic rings. The first kappa shape index (κ1) is 26.2. The number of amides is 1. The summed E-state index contributed by atoms with van der Waals surface area (Å²) >= 11 is 12.4. The van der Waals surface area contributed by atoms with Crippen LogP contribution < -0.4 is 10.5 Å². The number of anilines is 1. The highest BCUT2D eigenvalue weighted by Gasteiger charge is 2.24. The topological polar surface area (TPSA) is 71.7 Å². The summed E-state index contributed by atoms with van der Waals surface area (Å²) in [7, 11) is 0. The van der Waals surface area contributed by atoms with E-state index in [2.05, 4.69) is 23.7 Å². The van der Waals surface area contributed by atoms with Crippen LogP contribution in [0.3, 0.4) is 0 Å². The number of nitrogens with two attached hydrogens (primary N) is 1. The van der Waals surface area contributed by atoms with Crippen LogP contribution in [-0.2, 0) is 0 Å². The number of pyridine rings is 1. The van der Waals surface area contributed by atoms with Crippen LogP contribution in [-0.4, -0.2) is 52.9 Å². The highest BCUT2D eigenvalue weighted by molar-refractivity contribution is 6.36. The molecule has 3 aromatic rings. The maximum atomic E-state index is 14.0. The van der Waals surface area contributed by atoms with Crippen LogP contribution in [0, 0.1) is 5.82 Å². The molecule has 1 amide bonds. The van der Waals surface area contributed by atoms with Crippen molar-refractivity contribution in [3.05, 3.63) is 75.7 Å². The number of piperazine rings is 1. The standard InChI is InChI=1S/C27H29Cl2FN4O2/c1-16(2)33-10-12-34(13-11-33)27(35)19-6-4-18(5-7-19)20-14-23(26(31)32-15-20)36-17(3)24-21(28)8-9-22(30)25(24)29/h4-9,14-17H,10-13H2,1-3H3,(H2,31,32). The van der Waals surface area contributed by atoms with Gasteiger partial charge in [-0.1, -0.05) is 35.3 Å². The van der Waals surface area contributed by atoms with E-state index < -0.39 is 11.9 Å². The smallest absolute Gasteiger partial charge is 0.253 e. The van der Waals surface area contributed by atoms with Crippen molar-refractivity contribution in [3.63, 3.8) is 0 Å². The largest absolute Gasteiger partial charge is 0.482 e. The second kappa shape index (κ2) is 11.0. The Hall–Kier alpha value is -2.87. The molecule has 0 bridgehead atoms. The third-order valence-corrected chi connectivity index (χ3v) is 7.18. The molecule has 0 radical (unpaired) electrons. The third kappa shape index (κ3) is 5.59. The molecule has 0 spiro atoms. The SMILES string of the molecule is CC(Oc1cc(-c2ccc(C(=O)N3CCN(C(C)C)CC3)cc2)cnc1N)c1c(Cl)ccc(F)c1Cl. The zero-order valence-corrected chi connectivity index (χ0v) is 22.0. The molecule has 0 aliphatic carbocycles. The number of benzene rings is 2. The van der Waals surface area contributed by atoms with Gasteiger partial charge >= 0.3 is 0 Å². The molecule has 0 saturated carbocycles. The first-order valence-electron chi connectivity index (χ1n) is 11.8. The molecule has 1 atom stereocenters. The molecule has 4 rings (SSSR count). The molecular weight excluding hydrogens is 502 g/mol. The van der Waals surface area contributed by atoms with Gasteiger partial charge < -0.3 is 15.4 Å². The zero-order valence-electron chi connectivity index (χ0n) is 20.5. The Morgan fingerprint density at radius 1 is 1.03 bits per heavy atom. The quantitative estimate of drug-likeness (QED) is 0.391. The van der Waals surface area contributed by atoms with Crippen LogP contribution in [0.5, 0.6) is 5.75 Å². The molecule has 1 aromatic heterocycles. The van der Waals surface area contributed by atoms with Crippen molar-refractivity contribution >= 4 is 34.9 Å². The number of carbonyl (C=O) groups excluding carboxylic acids is 1. The maximum absolute atomic E-state index is 14.0. The summed E-state index contributed by atoms with van der Waals surface area (Å²) in [5, 5.41) is 0.200. The molecule has 1 fully saturated rings. The number of aromatic nitrogens is 1. The molecular formula is C27H29Cl2FN4O2. The number of halogens is 3. The molecule has 1 saturated heterocycles. The average Bonchev–Trinajstić information content (AvgIpc) is 2.87. The van der Waals surface area contributed by atoms with E-state index in [-0.39, 0.29) is 16.7 Å². The molecule has 1 aliphatic heterocycles. The normalized spacial score (nSPS) is 15.2. The minimum absolute atomic E-state index is 0.0297. The zero-order chi connectivity index (χ0) is 26.0. The van der Waals surface area contributed by atoms with E-state index in [9.17, 15) is 9.18 Å². The van der Waals surface area contributed by atoms with Crippen LogP contribution in [0.1, 0.15) is 42.8 Å². The van der Waals surface area contributed by atoms with E-state index in [1.165, 1.54) is 12.1 Å². The summed E-state index contributed by atoms with van der Waals surface area (Å²) in [6, 6.07) is 12.3. The van der Waals surface area contributed by atoms with Crippen molar-refractivity contribution in [2.24, 2.45) is 0 Å². The molecule has 2 aromatic carbocycles. The molecule has 6 nitrogen and oxygen atoms in total. The Bertz CT molecular complexity index is 1250. The van der Waals surface area contributed by atoms with Gasteiger partial charge in [0.2, 0.25) is 0 Å². The van der Waals surface area contributed by atoms with Crippen LogP contribution in [0.2, 0.25) is 10.0 Å². The van der Waals surface area contributed by atoms with Crippen molar-refractivity contribution < 1.29 is 13.9 Å². The summed E-state index contributed by atoms with van der Waals surface area (Å²) in [5.74, 6) is -0.0500. The Balaban J connectivity index is 1.49. The van der Waals surface area contributed by atoms with Crippen LogP contribution in [0.15, 0.2) is 48.7 Å². The second-order valence-corrected chi connectivity index (χ2v) is 9.91. The van der Waals surface area contributed by atoms with Gasteiger partial charge in [-0.15, -0.1) is 0 Å². The monoisotopic (exact) mass is 530 g/mol. The molecule has 36 heavy (non-hydrogen) atoms. The first-order valence-corrected chi connectivity index (χ1v) is 12.6. The predicted molar refractivity (Wildman–Crippen MR) is 142 cm³/mol. The van der Waals surface area contributed by atoms with E-state index in [0.29, 0.717) is 27.9 Å². The van der Waals surface area contributed by atoms with Crippen molar-refractivity contribution in [1.29, 1.82) is 0 Å². The highest BCUT2D eigenvalue weighted by Crippen LogP contribution is 2.37. The summed E-state index contributed by atoms with van der Waals surface area (Å²) < 4.78 is 20.0. The predicted octanol–water partition coefficient (Wildman–Crippen LogP) is 6.08. The number of rotatable bonds is 6. The molecule has 2 N–H and O–H groups in total. The Morgan fingerprint density at radius 3 is 2.33 bits per heavy atom. The fraction of sp³-hybridized carbons (Fsp3) is 0.333. The first-order chi connectivity index (χ1) is 17.2. The minimum Gasteiger partial charge on any atom is -0.482 e. The van der Waals surface area contributed by atoms with Crippen LogP contribution in [0.25, 0.3) is 11.1 Å². The van der Waals surface area contributed by atoms with Crippen LogP contribution >= 0.6 is 23.2 Å². The number of carbonyl (C=O) groups is 1. The Kier molecular flexibility index (Phi) is 8.03. The number of hydrogen-bond acceptors (Lipinski definition) is 5. The van der Waals surface area contributed by atoms with Gasteiger partial charge in [0.25, 0.3) is 5.91 Å². The van der Waals surface area contributed by atoms with E-state index in [1.807, 2.05) is 29.2 Å². The number of hydrogen-bond donors (Lipinski definition) is 1. The second-order valence-electron chi connectivity index (χ2n) is 9.12. The van der Waals surface area contributed by atoms with Gasteiger partial charge in [-0.25, -0.2) is 9.37 Å². The van der Waals surface area contributed by atoms with E-state index in [0.717, 1.165) is 37.3 Å². The van der Waals surface area contributed by atoms with Crippen LogP contribution in [0.4, 0.5) is 10.2 Å². The maximum Gasteiger partial charge on any atom is 0.253 e. The molecule has 9 heteroatoms. The molecule has 190 valence electrons. The summed E-state index contributed by atoms with van der Waals surface area (Å²) in [6.07, 6.45) is 0.966. The number of nitrogens with zero attached hydrogens (tertiary/aromatic N) is 3. The lowest BCUT2D eigenvalue weighted by Crippen LogP contribution is -2.50. The third-order valence-electron chi connectivity index (χ3n) is 6.47. The van der Waals surface area contributed by atoms with E-state index in [1.54, 1.807) is 19.2 Å². The van der Waals surface area contributed by atoms with Gasteiger partial charge in [0.15, 0.2) is 11.6 Å². The summed E-state index contributed by atoms with van der Waals surface area (Å²) in [6.45, 7) is 9.26. The lowest BCUT2D eigenvalue weighted by atomic mass is 10.0. The Labute approximate surface area is 220 Å². The summed E-state index contributed by atoms with van der Waals surface area (Å²) in [4.78, 5) is 21.5. The number of nitrogen functional groups attached to an aromatic ring is 1. The minimum atomic E-state index is -0.670. The van der Waals surface area contributed by atoms with Crippen molar-refractivity contribution in [3.8, 4) is 16.9 Å². The fourth-order valence-corrected chi connectivity index (χ4v) is 4.98. The van der Waals surface area contributed by atoms with Gasteiger partial charge in [-0.2, -0.15) is 0 Å². The van der Waals surface area contributed by atoms with Gasteiger partial charge in [0, 0.05) is 60.1 Å². The van der Waals surface area contributed by atoms with Crippen molar-refractivity contribution in [1.82, 2.24) is 14.8 Å². The summed E-state index contributed by atoms with van der Waals surface area (Å²) in [5.41, 5.74) is 8.62. The van der Waals surface area contributed by atoms with E-state index in [4.69, 9.17) is 33.7 Å². The van der Waals surface area contributed by atoms with Gasteiger partial charge in [-0.3, -0.25) is 9.69 Å². The van der Waals surface area contributed by atoms with Crippen molar-refractivity contribution in [2.45, 2.75) is 32.9 Å². The lowest BCUT2D eigenvalue weighted by molar-refractivity contribution is 0.0595. The lowest BCUT2D eigenvalue weighted by Gasteiger charge is -2.37. The van der Waals surface area contributed by atoms with Gasteiger partial charge in [0.1, 0.15) is 11.9 Å². The number of ether oxygens (including phenoxy) is 1. The molecule has 1 unspecified atom stereocenters. The van der Waals surface area contributed by atoms with Crippen molar-refractivity contribution in [2.75, 3.05) is 31.9 Å². The van der Waals surface area contributed by atoms with Gasteiger partial charge in [-0.05, 0) is 56.7 Å².